The van der Waals surface area contributed by atoms with Crippen molar-refractivity contribution in [3.8, 4) is 0 Å². The van der Waals surface area contributed by atoms with Crippen LogP contribution in [0.15, 0.2) is 12.1 Å². The quantitative estimate of drug-likeness (QED) is 0.521. The summed E-state index contributed by atoms with van der Waals surface area (Å²) in [4.78, 5) is 33.9. The number of carbonyl (C=O) groups is 2. The zero-order chi connectivity index (χ0) is 22.8. The maximum Gasteiger partial charge on any atom is 0.253 e. The van der Waals surface area contributed by atoms with Crippen LogP contribution in [0.1, 0.15) is 76.3 Å². The van der Waals surface area contributed by atoms with E-state index in [9.17, 15) is 9.59 Å². The zero-order valence-corrected chi connectivity index (χ0v) is 20.4. The number of ketones is 1. The molecule has 3 aromatic rings. The minimum absolute atomic E-state index is 0.0118. The number of benzene rings is 1. The highest BCUT2D eigenvalue weighted by Crippen LogP contribution is 2.46. The van der Waals surface area contributed by atoms with Crippen LogP contribution in [0.5, 0.6) is 0 Å². The van der Waals surface area contributed by atoms with Gasteiger partial charge in [-0.2, -0.15) is 5.10 Å². The van der Waals surface area contributed by atoms with E-state index in [4.69, 9.17) is 11.6 Å². The molecule has 5 rings (SSSR count). The molecule has 1 aliphatic carbocycles. The van der Waals surface area contributed by atoms with E-state index in [0.29, 0.717) is 35.9 Å². The van der Waals surface area contributed by atoms with Gasteiger partial charge in [-0.1, -0.05) is 32.4 Å². The van der Waals surface area contributed by atoms with Gasteiger partial charge in [-0.3, -0.25) is 14.7 Å². The number of aromatic nitrogens is 3. The molecule has 6 nitrogen and oxygen atoms in total. The number of rotatable bonds is 1. The largest absolute Gasteiger partial charge is 0.339 e. The molecule has 1 fully saturated rings. The van der Waals surface area contributed by atoms with Crippen LogP contribution in [0.25, 0.3) is 10.9 Å². The summed E-state index contributed by atoms with van der Waals surface area (Å²) >= 11 is 7.90. The molecule has 8 heteroatoms. The third-order valence-corrected chi connectivity index (χ3v) is 8.60. The Morgan fingerprint density at radius 2 is 1.94 bits per heavy atom. The number of hydrogen-bond acceptors (Lipinski definition) is 5. The summed E-state index contributed by atoms with van der Waals surface area (Å²) in [5.41, 5.74) is 2.92. The number of Topliss-reactive ketones (excluding diaryl/α,β-unsaturated/α-hetero) is 1. The van der Waals surface area contributed by atoms with Gasteiger partial charge < -0.3 is 4.90 Å². The Morgan fingerprint density at radius 3 is 2.62 bits per heavy atom. The van der Waals surface area contributed by atoms with Crippen LogP contribution in [0.2, 0.25) is 5.15 Å². The molecule has 3 heterocycles. The van der Waals surface area contributed by atoms with Crippen molar-refractivity contribution in [2.24, 2.45) is 5.41 Å². The molecule has 0 radical (unpaired) electrons. The van der Waals surface area contributed by atoms with Gasteiger partial charge in [0.05, 0.1) is 10.5 Å². The fourth-order valence-electron chi connectivity index (χ4n) is 4.94. The van der Waals surface area contributed by atoms with Crippen molar-refractivity contribution < 1.29 is 9.59 Å². The van der Waals surface area contributed by atoms with Gasteiger partial charge in [0.25, 0.3) is 5.91 Å². The first-order valence-corrected chi connectivity index (χ1v) is 12.2. The normalized spacial score (nSPS) is 18.4. The average molecular weight is 471 g/mol. The van der Waals surface area contributed by atoms with Gasteiger partial charge in [0.15, 0.2) is 5.78 Å². The molecule has 2 aromatic heterocycles. The highest BCUT2D eigenvalue weighted by atomic mass is 35.5. The molecule has 1 amide bonds. The number of hydrogen-bond donors (Lipinski definition) is 1. The second kappa shape index (κ2) is 7.39. The Labute approximate surface area is 196 Å². The van der Waals surface area contributed by atoms with Crippen LogP contribution >= 0.6 is 22.9 Å². The Bertz CT molecular complexity index is 1240. The van der Waals surface area contributed by atoms with E-state index in [1.807, 2.05) is 24.0 Å². The van der Waals surface area contributed by atoms with Crippen molar-refractivity contribution in [3.63, 3.8) is 0 Å². The zero-order valence-electron chi connectivity index (χ0n) is 18.8. The summed E-state index contributed by atoms with van der Waals surface area (Å²) in [6, 6.07) is 3.70. The third kappa shape index (κ3) is 3.55. The molecule has 0 saturated carbocycles. The van der Waals surface area contributed by atoms with Gasteiger partial charge in [0.2, 0.25) is 0 Å². The standard InChI is InChI=1S/C24H27ClN4O2S/c1-13-9-14(10-15-18(13)27-28-20(15)25)21(31)29-7-5-24(6-8-29)11-16(30)19-17(12-24)32-22(26-19)23(2,3)4/h9-10H,5-8,11-12H2,1-4H3,(H,27,28). The lowest BCUT2D eigenvalue weighted by atomic mass is 9.68. The number of H-pyrrole nitrogens is 1. The van der Waals surface area contributed by atoms with E-state index in [1.165, 1.54) is 0 Å². The molecule has 0 unspecified atom stereocenters. The third-order valence-electron chi connectivity index (χ3n) is 6.84. The Morgan fingerprint density at radius 1 is 1.22 bits per heavy atom. The monoisotopic (exact) mass is 470 g/mol. The van der Waals surface area contributed by atoms with Gasteiger partial charge in [0.1, 0.15) is 10.8 Å². The number of aryl methyl sites for hydroxylation is 1. The van der Waals surface area contributed by atoms with Crippen molar-refractivity contribution in [2.75, 3.05) is 13.1 Å². The smallest absolute Gasteiger partial charge is 0.253 e. The van der Waals surface area contributed by atoms with Crippen molar-refractivity contribution >= 4 is 45.5 Å². The lowest BCUT2D eigenvalue weighted by molar-refractivity contribution is 0.0522. The summed E-state index contributed by atoms with van der Waals surface area (Å²) in [6.45, 7) is 9.66. The van der Waals surface area contributed by atoms with Gasteiger partial charge in [-0.15, -0.1) is 11.3 Å². The number of nitrogens with zero attached hydrogens (tertiary/aromatic N) is 3. The van der Waals surface area contributed by atoms with E-state index in [1.54, 1.807) is 11.3 Å². The molecule has 1 N–H and O–H groups in total. The fraction of sp³-hybridized carbons (Fsp3) is 0.500. The molecule has 1 aliphatic heterocycles. The molecule has 168 valence electrons. The van der Waals surface area contributed by atoms with Gasteiger partial charge in [-0.25, -0.2) is 4.98 Å². The molecular weight excluding hydrogens is 444 g/mol. The summed E-state index contributed by atoms with van der Waals surface area (Å²) in [5, 5.41) is 9.25. The van der Waals surface area contributed by atoms with Crippen LogP contribution in [0.4, 0.5) is 0 Å². The first-order chi connectivity index (χ1) is 15.1. The van der Waals surface area contributed by atoms with E-state index in [-0.39, 0.29) is 22.5 Å². The molecular formula is C24H27ClN4O2S. The summed E-state index contributed by atoms with van der Waals surface area (Å²) in [5.74, 6) is 0.172. The molecule has 0 atom stereocenters. The van der Waals surface area contributed by atoms with E-state index >= 15 is 0 Å². The Balaban J connectivity index is 1.34. The van der Waals surface area contributed by atoms with Gasteiger partial charge in [-0.05, 0) is 49.3 Å². The first kappa shape index (κ1) is 21.6. The van der Waals surface area contributed by atoms with Crippen molar-refractivity contribution in [1.82, 2.24) is 20.1 Å². The molecule has 1 saturated heterocycles. The highest BCUT2D eigenvalue weighted by Gasteiger charge is 2.44. The number of likely N-dealkylation sites (tertiary alicyclic amines) is 1. The van der Waals surface area contributed by atoms with Gasteiger partial charge in [0, 0.05) is 40.8 Å². The van der Waals surface area contributed by atoms with Crippen LogP contribution in [-0.4, -0.2) is 44.9 Å². The minimum Gasteiger partial charge on any atom is -0.339 e. The number of halogens is 1. The predicted octanol–water partition coefficient (Wildman–Crippen LogP) is 5.33. The molecule has 32 heavy (non-hydrogen) atoms. The highest BCUT2D eigenvalue weighted by molar-refractivity contribution is 7.12. The van der Waals surface area contributed by atoms with Crippen LogP contribution in [0, 0.1) is 12.3 Å². The fourth-order valence-corrected chi connectivity index (χ4v) is 6.44. The van der Waals surface area contributed by atoms with Crippen molar-refractivity contribution in [3.05, 3.63) is 44.0 Å². The number of thiazole rings is 1. The first-order valence-electron chi connectivity index (χ1n) is 11.0. The summed E-state index contributed by atoms with van der Waals surface area (Å²) in [6.07, 6.45) is 3.09. The number of fused-ring (bicyclic) bond motifs is 2. The maximum absolute atomic E-state index is 13.3. The van der Waals surface area contributed by atoms with E-state index in [2.05, 4.69) is 36.0 Å². The Hall–Kier alpha value is -2.25. The van der Waals surface area contributed by atoms with E-state index in [0.717, 1.165) is 45.6 Å². The van der Waals surface area contributed by atoms with Crippen LogP contribution < -0.4 is 0 Å². The van der Waals surface area contributed by atoms with Crippen molar-refractivity contribution in [1.29, 1.82) is 0 Å². The lowest BCUT2D eigenvalue weighted by Gasteiger charge is -2.43. The molecule has 1 spiro atoms. The summed E-state index contributed by atoms with van der Waals surface area (Å²) in [7, 11) is 0. The SMILES string of the molecule is Cc1cc(C(=O)N2CCC3(CC2)CC(=O)c2nc(C(C)(C)C)sc2C3)cc2c(Cl)[nH]nc12. The number of amides is 1. The predicted molar refractivity (Wildman–Crippen MR) is 127 cm³/mol. The van der Waals surface area contributed by atoms with Crippen LogP contribution in [-0.2, 0) is 11.8 Å². The summed E-state index contributed by atoms with van der Waals surface area (Å²) < 4.78 is 0. The molecule has 1 aromatic carbocycles. The second-order valence-electron chi connectivity index (χ2n) is 10.3. The number of aromatic amines is 1. The van der Waals surface area contributed by atoms with Crippen molar-refractivity contribution in [2.45, 2.75) is 58.8 Å². The number of carbonyl (C=O) groups excluding carboxylic acids is 2. The second-order valence-corrected chi connectivity index (χ2v) is 11.8. The lowest BCUT2D eigenvalue weighted by Crippen LogP contribution is -2.46. The topological polar surface area (TPSA) is 79.0 Å². The maximum atomic E-state index is 13.3. The molecule has 2 aliphatic rings. The number of nitrogens with one attached hydrogen (secondary N) is 1. The molecule has 0 bridgehead atoms. The number of piperidine rings is 1. The van der Waals surface area contributed by atoms with Crippen LogP contribution in [0.3, 0.4) is 0 Å². The minimum atomic E-state index is -0.0592. The Kier molecular flexibility index (Phi) is 4.98. The van der Waals surface area contributed by atoms with E-state index < -0.39 is 0 Å². The van der Waals surface area contributed by atoms with Gasteiger partial charge >= 0.3 is 0 Å². The average Bonchev–Trinajstić information content (AvgIpc) is 3.32.